The number of urea groups is 1. The first-order valence-corrected chi connectivity index (χ1v) is 14.2. The molecule has 7 nitrogen and oxygen atoms in total. The van der Waals surface area contributed by atoms with Crippen LogP contribution in [0, 0.1) is 0 Å². The third-order valence-corrected chi connectivity index (χ3v) is 8.74. The zero-order valence-electron chi connectivity index (χ0n) is 24.7. The molecule has 212 valence electrons. The van der Waals surface area contributed by atoms with Crippen molar-refractivity contribution < 1.29 is 14.3 Å². The zero-order valence-corrected chi connectivity index (χ0v) is 24.7. The summed E-state index contributed by atoms with van der Waals surface area (Å²) in [4.78, 5) is 24.9. The quantitative estimate of drug-likeness (QED) is 0.406. The summed E-state index contributed by atoms with van der Waals surface area (Å²) in [5.74, 6) is 0.837. The van der Waals surface area contributed by atoms with E-state index in [1.807, 2.05) is 23.4 Å². The van der Waals surface area contributed by atoms with Gasteiger partial charge in [0, 0.05) is 69.3 Å². The highest BCUT2D eigenvalue weighted by Gasteiger charge is 2.55. The van der Waals surface area contributed by atoms with Crippen LogP contribution >= 0.6 is 0 Å². The van der Waals surface area contributed by atoms with Crippen LogP contribution in [0.4, 0.5) is 4.79 Å². The average Bonchev–Trinajstić information content (AvgIpc) is 3.07. The molecule has 2 saturated heterocycles. The van der Waals surface area contributed by atoms with E-state index in [9.17, 15) is 4.79 Å². The van der Waals surface area contributed by atoms with Crippen molar-refractivity contribution in [1.29, 1.82) is 0 Å². The number of methoxy groups -OCH3 is 2. The third kappa shape index (κ3) is 4.86. The fourth-order valence-corrected chi connectivity index (χ4v) is 6.85. The molecule has 3 aromatic rings. The van der Waals surface area contributed by atoms with Crippen LogP contribution in [0.1, 0.15) is 50.3 Å². The first-order valence-electron chi connectivity index (χ1n) is 14.2. The topological polar surface area (TPSA) is 58.1 Å². The number of hydrogen-bond acceptors (Lipinski definition) is 5. The molecule has 0 unspecified atom stereocenters. The van der Waals surface area contributed by atoms with E-state index >= 15 is 0 Å². The molecule has 40 heavy (non-hydrogen) atoms. The van der Waals surface area contributed by atoms with Gasteiger partial charge in [0.2, 0.25) is 0 Å². The molecule has 6 rings (SSSR count). The molecule has 3 aliphatic heterocycles. The number of amides is 2. The molecule has 0 radical (unpaired) electrons. The summed E-state index contributed by atoms with van der Waals surface area (Å²) in [5, 5.41) is 2.46. The second-order valence-corrected chi connectivity index (χ2v) is 11.6. The minimum absolute atomic E-state index is 0.134. The summed E-state index contributed by atoms with van der Waals surface area (Å²) >= 11 is 0. The van der Waals surface area contributed by atoms with Gasteiger partial charge in [0.15, 0.2) is 0 Å². The number of nitrogens with zero attached hydrogens (tertiary/aromatic N) is 4. The fraction of sp³-hybridized carbons (Fsp3) is 0.455. The highest BCUT2D eigenvalue weighted by atomic mass is 16.5. The Kier molecular flexibility index (Phi) is 7.89. The number of likely N-dealkylation sites (N-methyl/N-ethyl adjacent to an activating group) is 1. The summed E-state index contributed by atoms with van der Waals surface area (Å²) in [6, 6.07) is 15.0. The van der Waals surface area contributed by atoms with E-state index < -0.39 is 0 Å². The van der Waals surface area contributed by atoms with Gasteiger partial charge in [-0.25, -0.2) is 4.79 Å². The summed E-state index contributed by atoms with van der Waals surface area (Å²) in [6.45, 7) is 10.8. The van der Waals surface area contributed by atoms with Crippen molar-refractivity contribution in [2.75, 3.05) is 41.0 Å². The van der Waals surface area contributed by atoms with Gasteiger partial charge < -0.3 is 14.4 Å². The second kappa shape index (κ2) is 11.2. The first kappa shape index (κ1) is 28.1. The van der Waals surface area contributed by atoms with Gasteiger partial charge in [-0.2, -0.15) is 0 Å². The van der Waals surface area contributed by atoms with Crippen molar-refractivity contribution in [3.63, 3.8) is 0 Å². The smallest absolute Gasteiger partial charge is 0.325 e. The SMILES string of the molecule is CCN1C(=O)N2Cc3cc(OC)ccc3C(C)(C)C=C2C12CCN(Cc1cccc3cnccc13)CC2.COC. The number of aromatic nitrogens is 1. The lowest BCUT2D eigenvalue weighted by atomic mass is 9.77. The van der Waals surface area contributed by atoms with Crippen LogP contribution in [-0.2, 0) is 23.2 Å². The molecule has 0 saturated carbocycles. The average molecular weight is 543 g/mol. The molecule has 0 atom stereocenters. The Morgan fingerprint density at radius 1 is 1.02 bits per heavy atom. The van der Waals surface area contributed by atoms with E-state index in [2.05, 4.69) is 82.8 Å². The van der Waals surface area contributed by atoms with Crippen molar-refractivity contribution in [1.82, 2.24) is 19.7 Å². The zero-order chi connectivity index (χ0) is 28.5. The summed E-state index contributed by atoms with van der Waals surface area (Å²) in [6.07, 6.45) is 8.08. The predicted octanol–water partition coefficient (Wildman–Crippen LogP) is 5.97. The molecule has 2 aromatic carbocycles. The van der Waals surface area contributed by atoms with Crippen LogP contribution in [-0.4, -0.2) is 72.2 Å². The molecule has 2 amide bonds. The Labute approximate surface area is 238 Å². The van der Waals surface area contributed by atoms with E-state index in [-0.39, 0.29) is 17.0 Å². The number of hydrogen-bond donors (Lipinski definition) is 0. The molecule has 1 aromatic heterocycles. The van der Waals surface area contributed by atoms with Crippen LogP contribution in [0.5, 0.6) is 5.75 Å². The number of carbonyl (C=O) groups is 1. The van der Waals surface area contributed by atoms with Crippen LogP contribution in [0.15, 0.2) is 66.6 Å². The standard InChI is InChI=1S/C31H36N4O2.C2H6O/c1-5-35-29(36)34-21-24-17-25(37-4)9-10-27(24)30(2,3)18-28(34)31(35)12-15-33(16-13-31)20-23-8-6-7-22-19-32-14-11-26(22)23;1-3-2/h6-11,14,17-19H,5,12-13,15-16,20-21H2,1-4H3;1-2H3. The second-order valence-electron chi connectivity index (χ2n) is 11.6. The highest BCUT2D eigenvalue weighted by Crippen LogP contribution is 2.48. The van der Waals surface area contributed by atoms with Crippen molar-refractivity contribution in [3.8, 4) is 5.75 Å². The minimum atomic E-state index is -0.256. The van der Waals surface area contributed by atoms with Crippen molar-refractivity contribution >= 4 is 16.8 Å². The molecule has 4 heterocycles. The van der Waals surface area contributed by atoms with Crippen LogP contribution in [0.25, 0.3) is 10.8 Å². The Morgan fingerprint density at radius 2 is 1.77 bits per heavy atom. The van der Waals surface area contributed by atoms with Gasteiger partial charge in [0.25, 0.3) is 0 Å². The third-order valence-electron chi connectivity index (χ3n) is 8.74. The monoisotopic (exact) mass is 542 g/mol. The minimum Gasteiger partial charge on any atom is -0.497 e. The highest BCUT2D eigenvalue weighted by molar-refractivity contribution is 5.85. The van der Waals surface area contributed by atoms with Crippen LogP contribution < -0.4 is 4.74 Å². The van der Waals surface area contributed by atoms with Gasteiger partial charge in [-0.3, -0.25) is 14.8 Å². The molecule has 2 fully saturated rings. The number of rotatable bonds is 4. The van der Waals surface area contributed by atoms with Gasteiger partial charge in [-0.1, -0.05) is 44.2 Å². The lowest BCUT2D eigenvalue weighted by Crippen LogP contribution is -2.53. The normalized spacial score (nSPS) is 19.4. The van der Waals surface area contributed by atoms with Gasteiger partial charge in [0.1, 0.15) is 5.75 Å². The summed E-state index contributed by atoms with van der Waals surface area (Å²) < 4.78 is 9.78. The summed E-state index contributed by atoms with van der Waals surface area (Å²) in [5.41, 5.74) is 4.52. The van der Waals surface area contributed by atoms with Gasteiger partial charge in [-0.15, -0.1) is 0 Å². The van der Waals surface area contributed by atoms with Gasteiger partial charge in [-0.05, 0) is 60.0 Å². The summed E-state index contributed by atoms with van der Waals surface area (Å²) in [7, 11) is 4.95. The molecule has 1 spiro atoms. The number of allylic oxidation sites excluding steroid dienone is 1. The van der Waals surface area contributed by atoms with E-state index in [4.69, 9.17) is 4.74 Å². The Bertz CT molecular complexity index is 1400. The number of piperidine rings is 1. The Hall–Kier alpha value is -3.42. The fourth-order valence-electron chi connectivity index (χ4n) is 6.85. The lowest BCUT2D eigenvalue weighted by Gasteiger charge is -2.44. The number of pyridine rings is 1. The lowest BCUT2D eigenvalue weighted by molar-refractivity contribution is 0.0888. The van der Waals surface area contributed by atoms with E-state index in [0.717, 1.165) is 38.2 Å². The molecule has 0 aliphatic carbocycles. The van der Waals surface area contributed by atoms with Crippen molar-refractivity contribution in [3.05, 3.63) is 83.3 Å². The number of ether oxygens (including phenoxy) is 2. The van der Waals surface area contributed by atoms with Crippen molar-refractivity contribution in [2.24, 2.45) is 0 Å². The van der Waals surface area contributed by atoms with Gasteiger partial charge in [0.05, 0.1) is 19.2 Å². The number of fused-ring (bicyclic) bond motifs is 4. The maximum atomic E-state index is 13.9. The first-order chi connectivity index (χ1) is 19.3. The van der Waals surface area contributed by atoms with Crippen molar-refractivity contribution in [2.45, 2.75) is 57.7 Å². The molecule has 0 N–H and O–H groups in total. The molecular weight excluding hydrogens is 500 g/mol. The van der Waals surface area contributed by atoms with Crippen LogP contribution in [0.2, 0.25) is 0 Å². The van der Waals surface area contributed by atoms with Crippen LogP contribution in [0.3, 0.4) is 0 Å². The number of likely N-dealkylation sites (tertiary alicyclic amines) is 1. The molecular formula is C33H42N4O3. The Morgan fingerprint density at radius 3 is 2.48 bits per heavy atom. The van der Waals surface area contributed by atoms with E-state index in [1.165, 1.54) is 33.2 Å². The van der Waals surface area contributed by atoms with E-state index in [1.54, 1.807) is 21.3 Å². The Balaban J connectivity index is 0.00000103. The molecule has 7 heteroatoms. The molecule has 3 aliphatic rings. The number of benzene rings is 2. The van der Waals surface area contributed by atoms with Gasteiger partial charge >= 0.3 is 6.03 Å². The molecule has 0 bridgehead atoms. The number of carbonyl (C=O) groups excluding carboxylic acids is 1. The maximum absolute atomic E-state index is 13.9. The predicted molar refractivity (Wildman–Crippen MR) is 159 cm³/mol. The van der Waals surface area contributed by atoms with E-state index in [0.29, 0.717) is 13.1 Å². The largest absolute Gasteiger partial charge is 0.497 e. The maximum Gasteiger partial charge on any atom is 0.325 e.